The molecule has 0 spiro atoms. The fraction of sp³-hybridized carbons (Fsp3) is 0.167. The molecule has 0 heterocycles. The number of ether oxygens (including phenoxy) is 1. The fourth-order valence-corrected chi connectivity index (χ4v) is 1.13. The van der Waals surface area contributed by atoms with Gasteiger partial charge in [-0.15, -0.1) is 0 Å². The molecule has 0 unspecified atom stereocenters. The minimum atomic E-state index is -0.980. The lowest BCUT2D eigenvalue weighted by molar-refractivity contribution is 0.0696. The number of alkyl carbamates (subject to hydrolysis) is 1. The number of carbonyl (C=O) groups is 2. The quantitative estimate of drug-likeness (QED) is 0.784. The molecule has 0 aliphatic rings. The molecule has 0 aliphatic heterocycles. The Bertz CT molecular complexity index is 436. The van der Waals surface area contributed by atoms with E-state index in [0.29, 0.717) is 5.76 Å². The van der Waals surface area contributed by atoms with Crippen LogP contribution in [0, 0.1) is 0 Å². The molecule has 0 saturated heterocycles. The summed E-state index contributed by atoms with van der Waals surface area (Å²) in [6.45, 7) is 5.27. The maximum absolute atomic E-state index is 11.1. The summed E-state index contributed by atoms with van der Waals surface area (Å²) in [5.74, 6) is -0.671. The molecule has 0 atom stereocenters. The van der Waals surface area contributed by atoms with E-state index in [1.807, 2.05) is 0 Å². The van der Waals surface area contributed by atoms with Crippen molar-refractivity contribution in [3.8, 4) is 0 Å². The van der Waals surface area contributed by atoms with Crippen molar-refractivity contribution in [1.29, 1.82) is 0 Å². The van der Waals surface area contributed by atoms with Crippen LogP contribution in [0.1, 0.15) is 22.8 Å². The Hall–Kier alpha value is -2.30. The first kappa shape index (κ1) is 12.8. The van der Waals surface area contributed by atoms with Gasteiger partial charge in [-0.2, -0.15) is 0 Å². The molecule has 5 heteroatoms. The number of carbonyl (C=O) groups excluding carboxylic acids is 1. The Morgan fingerprint density at radius 1 is 1.35 bits per heavy atom. The fourth-order valence-electron chi connectivity index (χ4n) is 1.13. The van der Waals surface area contributed by atoms with Crippen molar-refractivity contribution in [2.24, 2.45) is 0 Å². The molecule has 0 fully saturated rings. The van der Waals surface area contributed by atoms with Gasteiger partial charge in [0.2, 0.25) is 0 Å². The van der Waals surface area contributed by atoms with Crippen LogP contribution in [0.2, 0.25) is 0 Å². The van der Waals surface area contributed by atoms with Crippen molar-refractivity contribution in [2.45, 2.75) is 13.5 Å². The van der Waals surface area contributed by atoms with Gasteiger partial charge >= 0.3 is 12.1 Å². The summed E-state index contributed by atoms with van der Waals surface area (Å²) in [7, 11) is 0. The zero-order valence-electron chi connectivity index (χ0n) is 9.40. The van der Waals surface area contributed by atoms with E-state index in [9.17, 15) is 9.59 Å². The van der Waals surface area contributed by atoms with Crippen LogP contribution in [0.4, 0.5) is 4.79 Å². The molecule has 1 aromatic rings. The van der Waals surface area contributed by atoms with Crippen LogP contribution in [0.15, 0.2) is 36.6 Å². The third kappa shape index (κ3) is 4.38. The standard InChI is InChI=1S/C12H13NO4/c1-8(2)17-12(16)13-7-9-3-5-10(6-4-9)11(14)15/h3-6H,1,7H2,2H3,(H,13,16)(H,14,15). The van der Waals surface area contributed by atoms with Crippen LogP contribution in [-0.2, 0) is 11.3 Å². The highest BCUT2D eigenvalue weighted by molar-refractivity contribution is 5.87. The molecule has 0 radical (unpaired) electrons. The normalized spacial score (nSPS) is 9.47. The van der Waals surface area contributed by atoms with Gasteiger partial charge in [0.15, 0.2) is 0 Å². The highest BCUT2D eigenvalue weighted by Gasteiger charge is 2.04. The third-order valence-electron chi connectivity index (χ3n) is 1.90. The van der Waals surface area contributed by atoms with Gasteiger partial charge in [-0.3, -0.25) is 0 Å². The molecule has 90 valence electrons. The SMILES string of the molecule is C=C(C)OC(=O)NCc1ccc(C(=O)O)cc1. The lowest BCUT2D eigenvalue weighted by atomic mass is 10.1. The van der Waals surface area contributed by atoms with Crippen LogP contribution in [0.5, 0.6) is 0 Å². The molecule has 0 aliphatic carbocycles. The first-order valence-electron chi connectivity index (χ1n) is 4.92. The highest BCUT2D eigenvalue weighted by atomic mass is 16.6. The molecule has 1 aromatic carbocycles. The van der Waals surface area contributed by atoms with Crippen LogP contribution >= 0.6 is 0 Å². The lowest BCUT2D eigenvalue weighted by Crippen LogP contribution is -2.23. The number of hydrogen-bond donors (Lipinski definition) is 2. The van der Waals surface area contributed by atoms with Gasteiger partial charge in [0.25, 0.3) is 0 Å². The van der Waals surface area contributed by atoms with E-state index in [2.05, 4.69) is 11.9 Å². The number of benzene rings is 1. The number of carboxylic acid groups (broad SMARTS) is 1. The Morgan fingerprint density at radius 2 is 1.94 bits per heavy atom. The summed E-state index contributed by atoms with van der Waals surface area (Å²) < 4.78 is 4.70. The average molecular weight is 235 g/mol. The minimum Gasteiger partial charge on any atom is -0.478 e. The predicted octanol–water partition coefficient (Wildman–Crippen LogP) is 2.14. The maximum Gasteiger partial charge on any atom is 0.412 e. The number of rotatable bonds is 4. The number of allylic oxidation sites excluding steroid dienone is 1. The summed E-state index contributed by atoms with van der Waals surface area (Å²) in [5.41, 5.74) is 0.993. The second-order valence-corrected chi connectivity index (χ2v) is 3.45. The van der Waals surface area contributed by atoms with Crippen molar-refractivity contribution in [3.63, 3.8) is 0 Å². The summed E-state index contributed by atoms with van der Waals surface area (Å²) in [6, 6.07) is 6.21. The van der Waals surface area contributed by atoms with Crippen molar-refractivity contribution < 1.29 is 19.4 Å². The van der Waals surface area contributed by atoms with E-state index in [-0.39, 0.29) is 12.1 Å². The number of amides is 1. The van der Waals surface area contributed by atoms with Gasteiger partial charge in [-0.05, 0) is 24.6 Å². The van der Waals surface area contributed by atoms with E-state index in [4.69, 9.17) is 9.84 Å². The Kier molecular flexibility index (Phi) is 4.28. The van der Waals surface area contributed by atoms with Crippen LogP contribution in [0.3, 0.4) is 0 Å². The molecule has 5 nitrogen and oxygen atoms in total. The van der Waals surface area contributed by atoms with Crippen molar-refractivity contribution in [2.75, 3.05) is 0 Å². The van der Waals surface area contributed by atoms with E-state index in [0.717, 1.165) is 5.56 Å². The smallest absolute Gasteiger partial charge is 0.412 e. The van der Waals surface area contributed by atoms with Crippen LogP contribution < -0.4 is 5.32 Å². The average Bonchev–Trinajstić information content (AvgIpc) is 2.26. The first-order chi connectivity index (χ1) is 7.99. The number of nitrogens with one attached hydrogen (secondary N) is 1. The molecule has 17 heavy (non-hydrogen) atoms. The Balaban J connectivity index is 2.50. The largest absolute Gasteiger partial charge is 0.478 e. The topological polar surface area (TPSA) is 75.6 Å². The molecule has 2 N–H and O–H groups in total. The Labute approximate surface area is 98.7 Å². The number of hydrogen-bond acceptors (Lipinski definition) is 3. The van der Waals surface area contributed by atoms with Crippen molar-refractivity contribution in [3.05, 3.63) is 47.7 Å². The Morgan fingerprint density at radius 3 is 2.41 bits per heavy atom. The zero-order chi connectivity index (χ0) is 12.8. The van der Waals surface area contributed by atoms with Gasteiger partial charge in [0, 0.05) is 6.54 Å². The summed E-state index contributed by atoms with van der Waals surface area (Å²) in [5, 5.41) is 11.2. The van der Waals surface area contributed by atoms with E-state index in [1.165, 1.54) is 12.1 Å². The molecule has 0 aromatic heterocycles. The maximum atomic E-state index is 11.1. The van der Waals surface area contributed by atoms with E-state index >= 15 is 0 Å². The lowest BCUT2D eigenvalue weighted by Gasteiger charge is -2.06. The molecule has 0 saturated carbocycles. The summed E-state index contributed by atoms with van der Waals surface area (Å²) >= 11 is 0. The predicted molar refractivity (Wildman–Crippen MR) is 61.5 cm³/mol. The summed E-state index contributed by atoms with van der Waals surface area (Å²) in [6.07, 6.45) is -0.584. The molecular weight excluding hydrogens is 222 g/mol. The van der Waals surface area contributed by atoms with Crippen LogP contribution in [0.25, 0.3) is 0 Å². The molecule has 0 bridgehead atoms. The van der Waals surface area contributed by atoms with E-state index in [1.54, 1.807) is 19.1 Å². The van der Waals surface area contributed by atoms with Gasteiger partial charge in [-0.1, -0.05) is 18.7 Å². The highest BCUT2D eigenvalue weighted by Crippen LogP contribution is 2.04. The first-order valence-corrected chi connectivity index (χ1v) is 4.92. The number of carboxylic acids is 1. The van der Waals surface area contributed by atoms with Crippen molar-refractivity contribution >= 4 is 12.1 Å². The second-order valence-electron chi connectivity index (χ2n) is 3.45. The minimum absolute atomic E-state index is 0.207. The number of aromatic carboxylic acids is 1. The molecular formula is C12H13NO4. The summed E-state index contributed by atoms with van der Waals surface area (Å²) in [4.78, 5) is 21.7. The molecule has 1 rings (SSSR count). The van der Waals surface area contributed by atoms with E-state index < -0.39 is 12.1 Å². The zero-order valence-corrected chi connectivity index (χ0v) is 9.40. The third-order valence-corrected chi connectivity index (χ3v) is 1.90. The molecule has 1 amide bonds. The van der Waals surface area contributed by atoms with Gasteiger partial charge < -0.3 is 15.2 Å². The van der Waals surface area contributed by atoms with Crippen LogP contribution in [-0.4, -0.2) is 17.2 Å². The van der Waals surface area contributed by atoms with Crippen molar-refractivity contribution in [1.82, 2.24) is 5.32 Å². The van der Waals surface area contributed by atoms with Gasteiger partial charge in [0.05, 0.1) is 11.3 Å². The van der Waals surface area contributed by atoms with Gasteiger partial charge in [-0.25, -0.2) is 9.59 Å². The van der Waals surface area contributed by atoms with Gasteiger partial charge in [0.1, 0.15) is 0 Å². The second kappa shape index (κ2) is 5.69. The monoisotopic (exact) mass is 235 g/mol.